The number of carbonyl (C=O) groups is 3. The predicted octanol–water partition coefficient (Wildman–Crippen LogP) is 13.9. The van der Waals surface area contributed by atoms with Gasteiger partial charge in [-0.15, -0.1) is 11.3 Å². The molecule has 6 aromatic heterocycles. The first kappa shape index (κ1) is 50.1. The van der Waals surface area contributed by atoms with Gasteiger partial charge in [-0.25, -0.2) is 29.5 Å². The molecule has 0 saturated carbocycles. The van der Waals surface area contributed by atoms with E-state index in [0.717, 1.165) is 68.9 Å². The summed E-state index contributed by atoms with van der Waals surface area (Å²) in [5.41, 5.74) is 6.18. The Morgan fingerprint density at radius 3 is 2.20 bits per heavy atom. The van der Waals surface area contributed by atoms with Crippen molar-refractivity contribution in [3.05, 3.63) is 151 Å². The Labute approximate surface area is 425 Å². The van der Waals surface area contributed by atoms with Gasteiger partial charge < -0.3 is 25.5 Å². The van der Waals surface area contributed by atoms with Gasteiger partial charge in [0.25, 0.3) is 0 Å². The lowest BCUT2D eigenvalue weighted by Crippen LogP contribution is -2.27. The molecule has 0 atom stereocenters. The van der Waals surface area contributed by atoms with Gasteiger partial charge in [-0.05, 0) is 130 Å². The van der Waals surface area contributed by atoms with Crippen molar-refractivity contribution in [1.82, 2.24) is 44.9 Å². The number of anilines is 4. The number of aromatic nitrogens is 9. The van der Waals surface area contributed by atoms with Gasteiger partial charge in [0.1, 0.15) is 21.4 Å². The van der Waals surface area contributed by atoms with E-state index < -0.39 is 17.7 Å². The summed E-state index contributed by atoms with van der Waals surface area (Å²) in [5, 5.41) is 30.5. The summed E-state index contributed by atoms with van der Waals surface area (Å²) >= 11 is 19.8. The van der Waals surface area contributed by atoms with Crippen LogP contribution >= 0.6 is 66.4 Å². The van der Waals surface area contributed by atoms with E-state index in [1.54, 1.807) is 43.7 Å². The molecule has 0 aliphatic carbocycles. The smallest absolute Gasteiger partial charge is 0.435 e. The van der Waals surface area contributed by atoms with Gasteiger partial charge in [0, 0.05) is 71.1 Å². The number of nitrogens with zero attached hydrogens (tertiary/aromatic N) is 7. The number of halogens is 4. The highest BCUT2D eigenvalue weighted by molar-refractivity contribution is 9.10. The number of hydrogen-bond donors (Lipinski definition) is 5. The average Bonchev–Trinajstić information content (AvgIpc) is 4.11. The zero-order valence-electron chi connectivity index (χ0n) is 37.5. The van der Waals surface area contributed by atoms with Crippen LogP contribution in [0, 0.1) is 13.8 Å². The lowest BCUT2D eigenvalue weighted by atomic mass is 10.2. The molecule has 10 aromatic rings. The number of aromatic amines is 2. The van der Waals surface area contributed by atoms with E-state index in [9.17, 15) is 14.4 Å². The molecule has 0 aliphatic rings. The number of ether oxygens (including phenoxy) is 1. The minimum atomic E-state index is -0.864. The second-order valence-electron chi connectivity index (χ2n) is 16.1. The van der Waals surface area contributed by atoms with Crippen LogP contribution in [0.1, 0.15) is 59.1 Å². The number of benzene rings is 4. The molecule has 0 radical (unpaired) electrons. The molecule has 6 heterocycles. The standard InChI is InChI=1S/C16H16ClN5O2.C13H12ClN5.C10H8BrNO.C9H5BrO2S/c1-16(2,3)24-15(23)22-12-5-4-11(8-10(12)9-19-22)20-13-6-7-18-14(17)21-13;1-7-8(2)16-13(18-12(7)14)17-10-3-4-11-9(5-10)6-15-19-11;1-6(13)9-4-7-2-3-8(11)5-10(7)12-9;10-6-2-1-5-3-8(9(11)12)13-7(5)4-6/h4-9H,1-3H3,(H,18,20,21);3-6H,1-2H3,(H,15,19)(H,16,17,18);2-5,12H,1H3;1-4H,(H,11,12). The molecule has 0 fully saturated rings. The summed E-state index contributed by atoms with van der Waals surface area (Å²) in [6.07, 6.45) is 4.43. The Balaban J connectivity index is 0.000000140. The molecule has 10 rings (SSSR count). The topological polar surface area (TPSA) is 219 Å². The lowest BCUT2D eigenvalue weighted by Gasteiger charge is -2.19. The molecule has 16 nitrogen and oxygen atoms in total. The van der Waals surface area contributed by atoms with Gasteiger partial charge >= 0.3 is 12.1 Å². The van der Waals surface area contributed by atoms with Gasteiger partial charge in [0.2, 0.25) is 11.2 Å². The number of fused-ring (bicyclic) bond motifs is 4. The monoisotopic (exact) mass is 1110 g/mol. The van der Waals surface area contributed by atoms with Gasteiger partial charge in [-0.3, -0.25) is 9.89 Å². The maximum atomic E-state index is 12.2. The minimum Gasteiger partial charge on any atom is -0.477 e. The fourth-order valence-electron chi connectivity index (χ4n) is 6.31. The number of thiophene rings is 1. The third kappa shape index (κ3) is 13.3. The third-order valence-electron chi connectivity index (χ3n) is 9.72. The first-order valence-corrected chi connectivity index (χ1v) is 23.8. The Morgan fingerprint density at radius 2 is 1.49 bits per heavy atom. The molecule has 0 bridgehead atoms. The van der Waals surface area contributed by atoms with Crippen molar-refractivity contribution in [1.29, 1.82) is 0 Å². The Kier molecular flexibility index (Phi) is 15.7. The Morgan fingerprint density at radius 1 is 0.783 bits per heavy atom. The van der Waals surface area contributed by atoms with E-state index in [-0.39, 0.29) is 11.1 Å². The maximum Gasteiger partial charge on any atom is 0.435 e. The number of carboxylic acid groups (broad SMARTS) is 1. The highest BCUT2D eigenvalue weighted by Gasteiger charge is 2.20. The fraction of sp³-hybridized carbons (Fsp3) is 0.146. The van der Waals surface area contributed by atoms with E-state index in [2.05, 4.69) is 82.7 Å². The van der Waals surface area contributed by atoms with E-state index >= 15 is 0 Å². The molecule has 0 aliphatic heterocycles. The van der Waals surface area contributed by atoms with E-state index in [0.29, 0.717) is 33.0 Å². The minimum absolute atomic E-state index is 0.0623. The summed E-state index contributed by atoms with van der Waals surface area (Å²) in [6.45, 7) is 10.8. The van der Waals surface area contributed by atoms with Crippen LogP contribution in [0.5, 0.6) is 0 Å². The van der Waals surface area contributed by atoms with Crippen molar-refractivity contribution in [2.45, 2.75) is 47.1 Å². The van der Waals surface area contributed by atoms with Crippen molar-refractivity contribution >= 4 is 150 Å². The molecular weight excluding hydrogens is 1070 g/mol. The number of Topliss-reactive ketones (excluding diaryl/α,β-unsaturated/α-hetero) is 1. The summed E-state index contributed by atoms with van der Waals surface area (Å²) in [6, 6.07) is 28.2. The van der Waals surface area contributed by atoms with Gasteiger partial charge in [-0.1, -0.05) is 55.6 Å². The highest BCUT2D eigenvalue weighted by Crippen LogP contribution is 2.29. The van der Waals surface area contributed by atoms with E-state index in [1.807, 2.05) is 107 Å². The lowest BCUT2D eigenvalue weighted by molar-refractivity contribution is 0.0522. The summed E-state index contributed by atoms with van der Waals surface area (Å²) in [5.74, 6) is 0.273. The van der Waals surface area contributed by atoms with Crippen LogP contribution < -0.4 is 10.6 Å². The number of aromatic carboxylic acids is 1. The predicted molar refractivity (Wildman–Crippen MR) is 280 cm³/mol. The number of H-pyrrole nitrogens is 2. The molecule has 4 aromatic carbocycles. The first-order chi connectivity index (χ1) is 32.8. The van der Waals surface area contributed by atoms with Gasteiger partial charge in [0.05, 0.1) is 29.1 Å². The molecule has 352 valence electrons. The molecule has 69 heavy (non-hydrogen) atoms. The van der Waals surface area contributed by atoms with Crippen molar-refractivity contribution in [3.8, 4) is 0 Å². The van der Waals surface area contributed by atoms with Crippen LogP contribution in [-0.2, 0) is 4.74 Å². The quantitative estimate of drug-likeness (QED) is 0.0595. The van der Waals surface area contributed by atoms with Crippen LogP contribution in [0.4, 0.5) is 27.9 Å². The number of aryl methyl sites for hydroxylation is 1. The molecule has 0 saturated heterocycles. The number of ketones is 1. The molecule has 21 heteroatoms. The number of carbonyl (C=O) groups excluding carboxylic acids is 2. The fourth-order valence-corrected chi connectivity index (χ4v) is 8.49. The number of carboxylic acids is 1. The zero-order valence-corrected chi connectivity index (χ0v) is 43.0. The van der Waals surface area contributed by atoms with Crippen LogP contribution in [0.25, 0.3) is 42.8 Å². The normalized spacial score (nSPS) is 11.0. The summed E-state index contributed by atoms with van der Waals surface area (Å²) in [4.78, 5) is 53.8. The molecule has 0 unspecified atom stereocenters. The largest absolute Gasteiger partial charge is 0.477 e. The molecule has 5 N–H and O–H groups in total. The van der Waals surface area contributed by atoms with Crippen molar-refractivity contribution in [2.24, 2.45) is 0 Å². The molecular formula is C48H41Br2Cl2N11O5S. The van der Waals surface area contributed by atoms with E-state index in [4.69, 9.17) is 33.0 Å². The second kappa shape index (κ2) is 21.7. The maximum absolute atomic E-state index is 12.2. The van der Waals surface area contributed by atoms with Crippen LogP contribution in [0.3, 0.4) is 0 Å². The molecule has 0 amide bonds. The average molecular weight is 1110 g/mol. The number of rotatable bonds is 6. The second-order valence-corrected chi connectivity index (χ2v) is 19.7. The van der Waals surface area contributed by atoms with Crippen LogP contribution in [0.2, 0.25) is 10.4 Å². The summed E-state index contributed by atoms with van der Waals surface area (Å²) in [7, 11) is 0. The Hall–Kier alpha value is -6.77. The van der Waals surface area contributed by atoms with Gasteiger partial charge in [-0.2, -0.15) is 14.9 Å². The zero-order chi connectivity index (χ0) is 49.6. The Bertz CT molecular complexity index is 3400. The van der Waals surface area contributed by atoms with Crippen molar-refractivity contribution < 1.29 is 24.2 Å². The van der Waals surface area contributed by atoms with E-state index in [1.165, 1.54) is 16.0 Å². The SMILES string of the molecule is CC(=O)c1cc2ccc(Br)cc2[nH]1.CC(C)(C)OC(=O)n1ncc2cc(Nc3ccnc(Cl)n3)ccc21.Cc1nc(Nc2ccc3[nH]ncc3c2)nc(Cl)c1C.O=C(O)c1cc2ccc(Br)cc2s1. The highest BCUT2D eigenvalue weighted by atomic mass is 79.9. The van der Waals surface area contributed by atoms with Crippen LogP contribution in [0.15, 0.2) is 119 Å². The number of nitrogens with one attached hydrogen (secondary N) is 4. The van der Waals surface area contributed by atoms with Crippen molar-refractivity contribution in [2.75, 3.05) is 10.6 Å². The summed E-state index contributed by atoms with van der Waals surface area (Å²) < 4.78 is 9.56. The van der Waals surface area contributed by atoms with Crippen LogP contribution in [-0.4, -0.2) is 73.5 Å². The third-order valence-corrected chi connectivity index (χ3v) is 12.3. The first-order valence-electron chi connectivity index (χ1n) is 20.7. The van der Waals surface area contributed by atoms with Gasteiger partial charge in [0.15, 0.2) is 5.78 Å². The molecule has 0 spiro atoms. The number of hydrogen-bond acceptors (Lipinski definition) is 13. The van der Waals surface area contributed by atoms with Crippen molar-refractivity contribution in [3.63, 3.8) is 0 Å².